The highest BCUT2D eigenvalue weighted by Gasteiger charge is 2.35. The molecule has 1 aliphatic heterocycles. The number of nitrogens with one attached hydrogen (secondary N) is 4. The summed E-state index contributed by atoms with van der Waals surface area (Å²) in [5.41, 5.74) is 3.00. The van der Waals surface area contributed by atoms with Crippen LogP contribution in [0.15, 0.2) is 30.3 Å². The van der Waals surface area contributed by atoms with E-state index >= 15 is 0 Å². The number of alkyl halides is 2. The second kappa shape index (κ2) is 13.1. The minimum atomic E-state index is -2.74. The molecule has 2 amide bonds. The number of rotatable bonds is 11. The van der Waals surface area contributed by atoms with Gasteiger partial charge in [-0.3, -0.25) is 25.3 Å². The summed E-state index contributed by atoms with van der Waals surface area (Å²) in [5, 5.41) is 15.0. The monoisotopic (exact) mass is 524 g/mol. The number of carbonyl (C=O) groups is 2. The van der Waals surface area contributed by atoms with E-state index < -0.39 is 23.8 Å². The Balaban J connectivity index is 1.69. The fourth-order valence-electron chi connectivity index (χ4n) is 4.72. The van der Waals surface area contributed by atoms with Crippen LogP contribution < -0.4 is 21.9 Å². The minimum absolute atomic E-state index is 0.124. The normalized spacial score (nSPS) is 19.5. The summed E-state index contributed by atoms with van der Waals surface area (Å²) in [5.74, 6) is 1.31. The number of amides is 2. The van der Waals surface area contributed by atoms with Crippen LogP contribution in [-0.2, 0) is 9.59 Å². The number of nitrogens with zero attached hydrogens (tertiary/aromatic N) is 1. The van der Waals surface area contributed by atoms with Gasteiger partial charge in [0.05, 0.1) is 6.54 Å². The van der Waals surface area contributed by atoms with Crippen molar-refractivity contribution in [1.29, 1.82) is 5.41 Å². The summed E-state index contributed by atoms with van der Waals surface area (Å²) in [6.45, 7) is 0.477. The van der Waals surface area contributed by atoms with Gasteiger partial charge in [-0.2, -0.15) is 0 Å². The summed E-state index contributed by atoms with van der Waals surface area (Å²) < 4.78 is 27.5. The Kier molecular flexibility index (Phi) is 10.2. The van der Waals surface area contributed by atoms with E-state index in [1.54, 1.807) is 11.0 Å². The quantitative estimate of drug-likeness (QED) is 0.132. The molecular weight excluding hydrogens is 490 g/mol. The van der Waals surface area contributed by atoms with Crippen molar-refractivity contribution in [2.24, 2.45) is 5.84 Å². The number of halogens is 3. The van der Waals surface area contributed by atoms with E-state index in [2.05, 4.69) is 10.6 Å². The molecule has 3 rings (SSSR count). The van der Waals surface area contributed by atoms with E-state index in [1.165, 1.54) is 6.08 Å². The number of carbonyl (C=O) groups excluding carboxylic acids is 2. The van der Waals surface area contributed by atoms with Crippen molar-refractivity contribution in [2.45, 2.75) is 69.4 Å². The molecule has 11 heteroatoms. The van der Waals surface area contributed by atoms with Crippen LogP contribution in [0.2, 0.25) is 5.02 Å². The second-order valence-corrected chi connectivity index (χ2v) is 9.95. The molecule has 198 valence electrons. The molecule has 8 nitrogen and oxygen atoms in total. The molecule has 2 aliphatic rings. The van der Waals surface area contributed by atoms with E-state index in [-0.39, 0.29) is 44.1 Å². The molecule has 1 atom stereocenters. The third-order valence-corrected chi connectivity index (χ3v) is 6.94. The first-order chi connectivity index (χ1) is 17.2. The maximum absolute atomic E-state index is 13.8. The zero-order valence-electron chi connectivity index (χ0n) is 20.3. The third kappa shape index (κ3) is 8.53. The van der Waals surface area contributed by atoms with Crippen molar-refractivity contribution in [3.8, 4) is 0 Å². The Morgan fingerprint density at radius 1 is 1.25 bits per heavy atom. The van der Waals surface area contributed by atoms with E-state index in [9.17, 15) is 18.4 Å². The topological polar surface area (TPSA) is 123 Å². The lowest BCUT2D eigenvalue weighted by Crippen LogP contribution is -2.47. The predicted octanol–water partition coefficient (Wildman–Crippen LogP) is 3.22. The fourth-order valence-corrected chi connectivity index (χ4v) is 4.96. The van der Waals surface area contributed by atoms with Crippen molar-refractivity contribution in [1.82, 2.24) is 21.0 Å². The Bertz CT molecular complexity index is 968. The van der Waals surface area contributed by atoms with Crippen LogP contribution in [0.4, 0.5) is 8.78 Å². The van der Waals surface area contributed by atoms with E-state index in [0.29, 0.717) is 29.2 Å². The zero-order valence-corrected chi connectivity index (χ0v) is 21.1. The van der Waals surface area contributed by atoms with Crippen LogP contribution >= 0.6 is 11.6 Å². The Morgan fingerprint density at radius 2 is 1.97 bits per heavy atom. The van der Waals surface area contributed by atoms with Crippen LogP contribution in [0.5, 0.6) is 0 Å². The second-order valence-electron chi connectivity index (χ2n) is 9.54. The van der Waals surface area contributed by atoms with Gasteiger partial charge in [0.1, 0.15) is 5.71 Å². The van der Waals surface area contributed by atoms with Crippen molar-refractivity contribution >= 4 is 34.8 Å². The van der Waals surface area contributed by atoms with Gasteiger partial charge >= 0.3 is 0 Å². The first-order valence-electron chi connectivity index (χ1n) is 12.4. The van der Waals surface area contributed by atoms with Crippen LogP contribution in [0.25, 0.3) is 5.70 Å². The van der Waals surface area contributed by atoms with Gasteiger partial charge in [0, 0.05) is 47.8 Å². The van der Waals surface area contributed by atoms with E-state index in [0.717, 1.165) is 25.7 Å². The first-order valence-corrected chi connectivity index (χ1v) is 12.8. The molecule has 36 heavy (non-hydrogen) atoms. The first kappa shape index (κ1) is 28.0. The van der Waals surface area contributed by atoms with Crippen LogP contribution in [0, 0.1) is 5.41 Å². The number of piperidine rings is 1. The molecule has 0 bridgehead atoms. The molecular formula is C25H35ClF2N6O2. The average molecular weight is 525 g/mol. The van der Waals surface area contributed by atoms with Gasteiger partial charge in [-0.15, -0.1) is 0 Å². The van der Waals surface area contributed by atoms with Crippen molar-refractivity contribution in [3.05, 3.63) is 40.9 Å². The van der Waals surface area contributed by atoms with Gasteiger partial charge in [0.25, 0.3) is 11.8 Å². The van der Waals surface area contributed by atoms with Gasteiger partial charge < -0.3 is 10.6 Å². The van der Waals surface area contributed by atoms with Crippen LogP contribution in [0.1, 0.15) is 56.9 Å². The Hall–Kier alpha value is -2.56. The van der Waals surface area contributed by atoms with Crippen LogP contribution in [-0.4, -0.2) is 60.1 Å². The number of nitrogens with two attached hydrogens (primary N) is 1. The van der Waals surface area contributed by atoms with Gasteiger partial charge in [0.2, 0.25) is 5.91 Å². The lowest BCUT2D eigenvalue weighted by molar-refractivity contribution is -0.122. The molecule has 1 saturated carbocycles. The lowest BCUT2D eigenvalue weighted by Gasteiger charge is -2.33. The van der Waals surface area contributed by atoms with E-state index in [4.69, 9.17) is 22.9 Å². The largest absolute Gasteiger partial charge is 0.382 e. The molecule has 0 spiro atoms. The number of hydrogen-bond acceptors (Lipinski definition) is 6. The summed E-state index contributed by atoms with van der Waals surface area (Å²) in [6, 6.07) is 6.77. The molecule has 0 radical (unpaired) electrons. The predicted molar refractivity (Wildman–Crippen MR) is 137 cm³/mol. The summed E-state index contributed by atoms with van der Waals surface area (Å²) >= 11 is 6.39. The van der Waals surface area contributed by atoms with E-state index in [1.807, 2.05) is 23.6 Å². The van der Waals surface area contributed by atoms with Gasteiger partial charge in [0.15, 0.2) is 0 Å². The third-order valence-electron chi connectivity index (χ3n) is 6.61. The zero-order chi connectivity index (χ0) is 26.1. The molecule has 1 aromatic rings. The van der Waals surface area contributed by atoms with Crippen molar-refractivity contribution < 1.29 is 18.4 Å². The highest BCUT2D eigenvalue weighted by Crippen LogP contribution is 2.27. The number of likely N-dealkylation sites (tertiary alicyclic amines) is 1. The fraction of sp³-hybridized carbons (Fsp3) is 0.560. The number of hydrazine groups is 1. The van der Waals surface area contributed by atoms with Crippen molar-refractivity contribution in [3.63, 3.8) is 0 Å². The standard InChI is InChI=1S/C25H35ClF2N6O2/c26-20-9-4-3-8-19(20)22(31-17-6-1-2-7-17)15-21(29)24(36)32-18(14-23(35)33-30)10-13-34-12-5-11-25(27,28)16-34/h3-4,8-9,15,17-18,29,31H,1-2,5-7,10-14,16,30H2,(H,32,36)(H,33,35)/b22-15-,29-21?/t18-/m0/s1. The van der Waals surface area contributed by atoms with Gasteiger partial charge in [-0.05, 0) is 44.4 Å². The molecule has 0 aromatic heterocycles. The molecule has 2 fully saturated rings. The average Bonchev–Trinajstić information content (AvgIpc) is 3.35. The molecule has 1 saturated heterocycles. The molecule has 1 heterocycles. The Morgan fingerprint density at radius 3 is 2.64 bits per heavy atom. The summed E-state index contributed by atoms with van der Waals surface area (Å²) in [4.78, 5) is 26.5. The van der Waals surface area contributed by atoms with Gasteiger partial charge in [-0.25, -0.2) is 14.6 Å². The SMILES string of the molecule is N=C(/C=C(\NC1CCCC1)c1ccccc1Cl)C(=O)N[C@@H](CCN1CCCC(F)(F)C1)CC(=O)NN. The van der Waals surface area contributed by atoms with Crippen LogP contribution in [0.3, 0.4) is 0 Å². The highest BCUT2D eigenvalue weighted by atomic mass is 35.5. The molecule has 1 aromatic carbocycles. The smallest absolute Gasteiger partial charge is 0.269 e. The lowest BCUT2D eigenvalue weighted by atomic mass is 10.0. The molecule has 0 unspecified atom stereocenters. The maximum Gasteiger partial charge on any atom is 0.269 e. The Labute approximate surface area is 215 Å². The highest BCUT2D eigenvalue weighted by molar-refractivity contribution is 6.43. The minimum Gasteiger partial charge on any atom is -0.382 e. The molecule has 1 aliphatic carbocycles. The summed E-state index contributed by atoms with van der Waals surface area (Å²) in [7, 11) is 0. The molecule has 6 N–H and O–H groups in total. The van der Waals surface area contributed by atoms with Gasteiger partial charge in [-0.1, -0.05) is 42.6 Å². The number of benzene rings is 1. The van der Waals surface area contributed by atoms with Crippen molar-refractivity contribution in [2.75, 3.05) is 19.6 Å². The number of hydrogen-bond donors (Lipinski definition) is 5. The maximum atomic E-state index is 13.8. The summed E-state index contributed by atoms with van der Waals surface area (Å²) in [6.07, 6.45) is 6.05.